The van der Waals surface area contributed by atoms with Gasteiger partial charge < -0.3 is 5.32 Å². The van der Waals surface area contributed by atoms with Crippen LogP contribution in [-0.4, -0.2) is 11.7 Å². The Kier molecular flexibility index (Phi) is 6.48. The van der Waals surface area contributed by atoms with Gasteiger partial charge in [-0.3, -0.25) is 4.79 Å². The first-order valence-corrected chi connectivity index (χ1v) is 8.84. The van der Waals surface area contributed by atoms with E-state index in [1.54, 1.807) is 11.8 Å². The van der Waals surface area contributed by atoms with Crippen molar-refractivity contribution >= 4 is 17.7 Å². The molecule has 2 aromatic carbocycles. The number of hydrogen-bond donors (Lipinski definition) is 1. The maximum absolute atomic E-state index is 12.7. The standard InChI is InChI=1S/C20H23NOS/c1-4-14-23-19-9-7-6-8-17(19)20(22)21-18(5-2)16-12-10-15(3)11-13-16/h4,6-13,18H,1,5,14H2,2-3H3,(H,21,22)/t18-/m1/s1. The van der Waals surface area contributed by atoms with Gasteiger partial charge >= 0.3 is 0 Å². The summed E-state index contributed by atoms with van der Waals surface area (Å²) in [6.07, 6.45) is 2.71. The van der Waals surface area contributed by atoms with Gasteiger partial charge in [0, 0.05) is 10.6 Å². The van der Waals surface area contributed by atoms with E-state index < -0.39 is 0 Å². The van der Waals surface area contributed by atoms with Gasteiger partial charge in [-0.15, -0.1) is 18.3 Å². The molecular formula is C20H23NOS. The van der Waals surface area contributed by atoms with Crippen LogP contribution in [0.3, 0.4) is 0 Å². The maximum Gasteiger partial charge on any atom is 0.252 e. The highest BCUT2D eigenvalue weighted by atomic mass is 32.2. The summed E-state index contributed by atoms with van der Waals surface area (Å²) < 4.78 is 0. The number of aryl methyl sites for hydroxylation is 1. The molecule has 23 heavy (non-hydrogen) atoms. The summed E-state index contributed by atoms with van der Waals surface area (Å²) in [4.78, 5) is 13.7. The van der Waals surface area contributed by atoms with Gasteiger partial charge in [-0.25, -0.2) is 0 Å². The van der Waals surface area contributed by atoms with Crippen LogP contribution >= 0.6 is 11.8 Å². The SMILES string of the molecule is C=CCSc1ccccc1C(=O)N[C@H](CC)c1ccc(C)cc1. The van der Waals surface area contributed by atoms with Crippen molar-refractivity contribution in [3.8, 4) is 0 Å². The molecule has 0 aliphatic rings. The van der Waals surface area contributed by atoms with Gasteiger partial charge in [0.2, 0.25) is 0 Å². The fourth-order valence-electron chi connectivity index (χ4n) is 2.38. The van der Waals surface area contributed by atoms with Gasteiger partial charge in [0.05, 0.1) is 11.6 Å². The third kappa shape index (κ3) is 4.73. The lowest BCUT2D eigenvalue weighted by molar-refractivity contribution is 0.0932. The molecule has 1 amide bonds. The van der Waals surface area contributed by atoms with Gasteiger partial charge in [0.1, 0.15) is 0 Å². The predicted octanol–water partition coefficient (Wildman–Crippen LogP) is 5.15. The topological polar surface area (TPSA) is 29.1 Å². The largest absolute Gasteiger partial charge is 0.345 e. The zero-order chi connectivity index (χ0) is 16.7. The number of nitrogens with one attached hydrogen (secondary N) is 1. The zero-order valence-electron chi connectivity index (χ0n) is 13.7. The molecule has 0 bridgehead atoms. The van der Waals surface area contributed by atoms with Crippen molar-refractivity contribution in [1.29, 1.82) is 0 Å². The molecular weight excluding hydrogens is 302 g/mol. The Bertz CT molecular complexity index is 664. The quantitative estimate of drug-likeness (QED) is 0.563. The lowest BCUT2D eigenvalue weighted by Gasteiger charge is -2.18. The number of thioether (sulfide) groups is 1. The summed E-state index contributed by atoms with van der Waals surface area (Å²) >= 11 is 1.63. The highest BCUT2D eigenvalue weighted by Crippen LogP contribution is 2.24. The van der Waals surface area contributed by atoms with E-state index in [2.05, 4.69) is 50.0 Å². The van der Waals surface area contributed by atoms with E-state index in [0.717, 1.165) is 28.2 Å². The molecule has 2 rings (SSSR count). The molecule has 0 unspecified atom stereocenters. The molecule has 1 atom stereocenters. The lowest BCUT2D eigenvalue weighted by Crippen LogP contribution is -2.28. The van der Waals surface area contributed by atoms with E-state index >= 15 is 0 Å². The zero-order valence-corrected chi connectivity index (χ0v) is 14.5. The number of hydrogen-bond acceptors (Lipinski definition) is 2. The Morgan fingerprint density at radius 1 is 1.22 bits per heavy atom. The molecule has 0 saturated heterocycles. The fourth-order valence-corrected chi connectivity index (χ4v) is 3.17. The smallest absolute Gasteiger partial charge is 0.252 e. The average Bonchev–Trinajstić information content (AvgIpc) is 2.58. The maximum atomic E-state index is 12.7. The molecule has 0 heterocycles. The van der Waals surface area contributed by atoms with Crippen LogP contribution < -0.4 is 5.32 Å². The molecule has 0 aromatic heterocycles. The number of rotatable bonds is 7. The monoisotopic (exact) mass is 325 g/mol. The second-order valence-electron chi connectivity index (χ2n) is 5.44. The van der Waals surface area contributed by atoms with Gasteiger partial charge in [0.15, 0.2) is 0 Å². The van der Waals surface area contributed by atoms with E-state index in [-0.39, 0.29) is 11.9 Å². The minimum absolute atomic E-state index is 0.0235. The molecule has 2 nitrogen and oxygen atoms in total. The minimum atomic E-state index is -0.0235. The highest BCUT2D eigenvalue weighted by Gasteiger charge is 2.16. The van der Waals surface area contributed by atoms with Gasteiger partial charge in [0.25, 0.3) is 5.91 Å². The van der Waals surface area contributed by atoms with Crippen molar-refractivity contribution in [2.45, 2.75) is 31.2 Å². The highest BCUT2D eigenvalue weighted by molar-refractivity contribution is 7.99. The van der Waals surface area contributed by atoms with Crippen molar-refractivity contribution in [2.75, 3.05) is 5.75 Å². The molecule has 0 aliphatic carbocycles. The molecule has 0 spiro atoms. The van der Waals surface area contributed by atoms with Crippen LogP contribution in [0.1, 0.15) is 40.9 Å². The van der Waals surface area contributed by atoms with Crippen molar-refractivity contribution in [1.82, 2.24) is 5.32 Å². The molecule has 3 heteroatoms. The third-order valence-electron chi connectivity index (χ3n) is 3.68. The first kappa shape index (κ1) is 17.4. The molecule has 0 aliphatic heterocycles. The summed E-state index contributed by atoms with van der Waals surface area (Å²) in [5.41, 5.74) is 3.09. The van der Waals surface area contributed by atoms with Crippen LogP contribution in [-0.2, 0) is 0 Å². The second kappa shape index (κ2) is 8.59. The number of carbonyl (C=O) groups excluding carboxylic acids is 1. The second-order valence-corrected chi connectivity index (χ2v) is 6.50. The molecule has 120 valence electrons. The molecule has 0 saturated carbocycles. The van der Waals surface area contributed by atoms with Crippen molar-refractivity contribution < 1.29 is 4.79 Å². The summed E-state index contributed by atoms with van der Waals surface area (Å²) in [5.74, 6) is 0.768. The molecule has 0 radical (unpaired) electrons. The predicted molar refractivity (Wildman–Crippen MR) is 99.0 cm³/mol. The van der Waals surface area contributed by atoms with E-state index in [1.807, 2.05) is 30.3 Å². The van der Waals surface area contributed by atoms with Crippen LogP contribution in [0.25, 0.3) is 0 Å². The molecule has 0 fully saturated rings. The summed E-state index contributed by atoms with van der Waals surface area (Å²) in [6.45, 7) is 7.89. The fraction of sp³-hybridized carbons (Fsp3) is 0.250. The van der Waals surface area contributed by atoms with Crippen LogP contribution in [0.5, 0.6) is 0 Å². The number of carbonyl (C=O) groups is 1. The van der Waals surface area contributed by atoms with E-state index in [1.165, 1.54) is 5.56 Å². The Morgan fingerprint density at radius 3 is 2.57 bits per heavy atom. The first-order chi connectivity index (χ1) is 11.2. The molecule has 1 N–H and O–H groups in total. The normalized spacial score (nSPS) is 11.7. The van der Waals surface area contributed by atoms with Crippen molar-refractivity contribution in [3.63, 3.8) is 0 Å². The summed E-state index contributed by atoms with van der Waals surface area (Å²) in [5, 5.41) is 3.16. The summed E-state index contributed by atoms with van der Waals surface area (Å²) in [6, 6.07) is 16.1. The van der Waals surface area contributed by atoms with Gasteiger partial charge in [-0.1, -0.05) is 55.0 Å². The van der Waals surface area contributed by atoms with E-state index in [9.17, 15) is 4.79 Å². The first-order valence-electron chi connectivity index (χ1n) is 7.85. The van der Waals surface area contributed by atoms with Crippen molar-refractivity contribution in [2.24, 2.45) is 0 Å². The Morgan fingerprint density at radius 2 is 1.91 bits per heavy atom. The van der Waals surface area contributed by atoms with Gasteiger partial charge in [-0.2, -0.15) is 0 Å². The molecule has 2 aromatic rings. The average molecular weight is 325 g/mol. The Labute approximate surface area is 143 Å². The van der Waals surface area contributed by atoms with Crippen LogP contribution in [0.15, 0.2) is 66.1 Å². The third-order valence-corrected chi connectivity index (χ3v) is 4.75. The van der Waals surface area contributed by atoms with Crippen molar-refractivity contribution in [3.05, 3.63) is 77.9 Å². The lowest BCUT2D eigenvalue weighted by atomic mass is 10.0. The van der Waals surface area contributed by atoms with E-state index in [0.29, 0.717) is 0 Å². The van der Waals surface area contributed by atoms with Crippen LogP contribution in [0, 0.1) is 6.92 Å². The van der Waals surface area contributed by atoms with E-state index in [4.69, 9.17) is 0 Å². The summed E-state index contributed by atoms with van der Waals surface area (Å²) in [7, 11) is 0. The minimum Gasteiger partial charge on any atom is -0.345 e. The van der Waals surface area contributed by atoms with Gasteiger partial charge in [-0.05, 0) is 31.0 Å². The van der Waals surface area contributed by atoms with Crippen LogP contribution in [0.2, 0.25) is 0 Å². The van der Waals surface area contributed by atoms with Crippen LogP contribution in [0.4, 0.5) is 0 Å². The Hall–Kier alpha value is -2.00. The number of benzene rings is 2. The Balaban J connectivity index is 2.16. The number of amides is 1.